The zero-order valence-electron chi connectivity index (χ0n) is 11.2. The van der Waals surface area contributed by atoms with Crippen LogP contribution in [0.1, 0.15) is 5.56 Å². The molecule has 0 saturated carbocycles. The van der Waals surface area contributed by atoms with Gasteiger partial charge in [-0.05, 0) is 42.5 Å². The van der Waals surface area contributed by atoms with Gasteiger partial charge in [-0.3, -0.25) is 4.98 Å². The molecule has 1 aromatic heterocycles. The molecule has 2 nitrogen and oxygen atoms in total. The lowest BCUT2D eigenvalue weighted by molar-refractivity contribution is -0.137. The number of hydrogen-bond acceptors (Lipinski definition) is 2. The van der Waals surface area contributed by atoms with Crippen LogP contribution >= 0.6 is 0 Å². The Morgan fingerprint density at radius 1 is 0.909 bits per heavy atom. The fourth-order valence-electron chi connectivity index (χ4n) is 2.12. The van der Waals surface area contributed by atoms with Gasteiger partial charge in [-0.2, -0.15) is 13.2 Å². The number of pyridine rings is 1. The van der Waals surface area contributed by atoms with E-state index in [0.29, 0.717) is 16.8 Å². The molecule has 0 radical (unpaired) electrons. The molecule has 0 unspecified atom stereocenters. The van der Waals surface area contributed by atoms with Gasteiger partial charge < -0.3 is 5.32 Å². The van der Waals surface area contributed by atoms with E-state index in [1.165, 1.54) is 24.4 Å². The van der Waals surface area contributed by atoms with Crippen LogP contribution in [0.5, 0.6) is 0 Å². The lowest BCUT2D eigenvalue weighted by Gasteiger charge is -2.11. The normalized spacial score (nSPS) is 11.6. The Morgan fingerprint density at radius 3 is 2.32 bits per heavy atom. The maximum atomic E-state index is 12.9. The summed E-state index contributed by atoms with van der Waals surface area (Å²) in [5.74, 6) is -0.361. The van der Waals surface area contributed by atoms with Crippen molar-refractivity contribution in [3.05, 3.63) is 66.1 Å². The standard InChI is InChI=1S/C16H10F4N2/c17-11-2-4-12(5-3-11)22-14-7-8-21-15-9-10(16(18,19)20)1-6-13(14)15/h1-9H,(H,21,22). The molecular weight excluding hydrogens is 296 g/mol. The lowest BCUT2D eigenvalue weighted by atomic mass is 10.1. The number of anilines is 2. The highest BCUT2D eigenvalue weighted by atomic mass is 19.4. The van der Waals surface area contributed by atoms with Gasteiger partial charge in [-0.25, -0.2) is 4.39 Å². The summed E-state index contributed by atoms with van der Waals surface area (Å²) in [4.78, 5) is 3.97. The summed E-state index contributed by atoms with van der Waals surface area (Å²) in [7, 11) is 0. The summed E-state index contributed by atoms with van der Waals surface area (Å²) in [6.07, 6.45) is -2.98. The van der Waals surface area contributed by atoms with E-state index in [4.69, 9.17) is 0 Å². The molecule has 3 rings (SSSR count). The Morgan fingerprint density at radius 2 is 1.64 bits per heavy atom. The van der Waals surface area contributed by atoms with Crippen LogP contribution in [0.2, 0.25) is 0 Å². The highest BCUT2D eigenvalue weighted by Gasteiger charge is 2.30. The molecule has 0 spiro atoms. The minimum atomic E-state index is -4.41. The van der Waals surface area contributed by atoms with Gasteiger partial charge in [-0.1, -0.05) is 6.07 Å². The summed E-state index contributed by atoms with van der Waals surface area (Å²) in [6, 6.07) is 10.7. The lowest BCUT2D eigenvalue weighted by Crippen LogP contribution is -2.04. The molecule has 1 N–H and O–H groups in total. The second kappa shape index (κ2) is 5.29. The molecule has 0 bridgehead atoms. The molecule has 0 fully saturated rings. The third kappa shape index (κ3) is 2.86. The number of nitrogens with one attached hydrogen (secondary N) is 1. The first-order valence-corrected chi connectivity index (χ1v) is 6.42. The van der Waals surface area contributed by atoms with E-state index < -0.39 is 11.7 Å². The van der Waals surface area contributed by atoms with Gasteiger partial charge in [0.1, 0.15) is 5.82 Å². The van der Waals surface area contributed by atoms with Crippen LogP contribution in [-0.2, 0) is 6.18 Å². The maximum absolute atomic E-state index is 12.9. The molecule has 1 heterocycles. The smallest absolute Gasteiger partial charge is 0.355 e. The van der Waals surface area contributed by atoms with Gasteiger partial charge in [0.15, 0.2) is 0 Å². The van der Waals surface area contributed by atoms with E-state index in [-0.39, 0.29) is 11.3 Å². The molecule has 0 aliphatic carbocycles. The largest absolute Gasteiger partial charge is 0.416 e. The number of aromatic nitrogens is 1. The molecule has 6 heteroatoms. The zero-order chi connectivity index (χ0) is 15.7. The molecular formula is C16H10F4N2. The average molecular weight is 306 g/mol. The van der Waals surface area contributed by atoms with Crippen molar-refractivity contribution in [1.82, 2.24) is 4.98 Å². The Bertz CT molecular complexity index is 810. The van der Waals surface area contributed by atoms with E-state index in [1.54, 1.807) is 18.2 Å². The zero-order valence-corrected chi connectivity index (χ0v) is 11.2. The Hall–Kier alpha value is -2.63. The monoisotopic (exact) mass is 306 g/mol. The van der Waals surface area contributed by atoms with Crippen molar-refractivity contribution in [2.24, 2.45) is 0 Å². The van der Waals surface area contributed by atoms with Crippen LogP contribution < -0.4 is 5.32 Å². The maximum Gasteiger partial charge on any atom is 0.416 e. The molecule has 0 aliphatic heterocycles. The van der Waals surface area contributed by atoms with Crippen molar-refractivity contribution in [1.29, 1.82) is 0 Å². The van der Waals surface area contributed by atoms with Crippen LogP contribution in [0.15, 0.2) is 54.7 Å². The van der Waals surface area contributed by atoms with Crippen LogP contribution in [0.4, 0.5) is 28.9 Å². The van der Waals surface area contributed by atoms with Crippen LogP contribution in [0, 0.1) is 5.82 Å². The summed E-state index contributed by atoms with van der Waals surface area (Å²) < 4.78 is 51.1. The molecule has 0 saturated heterocycles. The first-order valence-electron chi connectivity index (χ1n) is 6.42. The molecule has 3 aromatic rings. The molecule has 2 aromatic carbocycles. The number of halogens is 4. The van der Waals surface area contributed by atoms with Gasteiger partial charge in [-0.15, -0.1) is 0 Å². The summed E-state index contributed by atoms with van der Waals surface area (Å²) in [5.41, 5.74) is 0.729. The number of nitrogens with zero attached hydrogens (tertiary/aromatic N) is 1. The summed E-state index contributed by atoms with van der Waals surface area (Å²) >= 11 is 0. The van der Waals surface area contributed by atoms with Gasteiger partial charge >= 0.3 is 6.18 Å². The average Bonchev–Trinajstić information content (AvgIpc) is 2.48. The van der Waals surface area contributed by atoms with Gasteiger partial charge in [0.25, 0.3) is 0 Å². The molecule has 0 amide bonds. The highest BCUT2D eigenvalue weighted by Crippen LogP contribution is 2.33. The Kier molecular flexibility index (Phi) is 3.44. The second-order valence-electron chi connectivity index (χ2n) is 4.72. The van der Waals surface area contributed by atoms with Crippen LogP contribution in [-0.4, -0.2) is 4.98 Å². The van der Waals surface area contributed by atoms with E-state index >= 15 is 0 Å². The first-order chi connectivity index (χ1) is 10.4. The fourth-order valence-corrected chi connectivity index (χ4v) is 2.12. The number of fused-ring (bicyclic) bond motifs is 1. The van der Waals surface area contributed by atoms with E-state index in [0.717, 1.165) is 12.1 Å². The van der Waals surface area contributed by atoms with E-state index in [1.807, 2.05) is 0 Å². The Labute approximate surface area is 123 Å². The highest BCUT2D eigenvalue weighted by molar-refractivity contribution is 5.93. The molecule has 112 valence electrons. The van der Waals surface area contributed by atoms with Crippen molar-refractivity contribution in [2.45, 2.75) is 6.18 Å². The number of hydrogen-bond donors (Lipinski definition) is 1. The fraction of sp³-hybridized carbons (Fsp3) is 0.0625. The predicted octanol–water partition coefficient (Wildman–Crippen LogP) is 5.14. The van der Waals surface area contributed by atoms with Crippen LogP contribution in [0.3, 0.4) is 0 Å². The third-order valence-electron chi connectivity index (χ3n) is 3.19. The third-order valence-corrected chi connectivity index (χ3v) is 3.19. The van der Waals surface area contributed by atoms with Crippen molar-refractivity contribution in [2.75, 3.05) is 5.32 Å². The van der Waals surface area contributed by atoms with Gasteiger partial charge in [0.2, 0.25) is 0 Å². The summed E-state index contributed by atoms with van der Waals surface area (Å²) in [6.45, 7) is 0. The quantitative estimate of drug-likeness (QED) is 0.663. The number of rotatable bonds is 2. The molecule has 0 aliphatic rings. The minimum Gasteiger partial charge on any atom is -0.355 e. The van der Waals surface area contributed by atoms with E-state index in [9.17, 15) is 17.6 Å². The Balaban J connectivity index is 2.02. The number of alkyl halides is 3. The van der Waals surface area contributed by atoms with E-state index in [2.05, 4.69) is 10.3 Å². The second-order valence-corrected chi connectivity index (χ2v) is 4.72. The summed E-state index contributed by atoms with van der Waals surface area (Å²) in [5, 5.41) is 3.60. The predicted molar refractivity (Wildman–Crippen MR) is 76.4 cm³/mol. The first kappa shape index (κ1) is 14.3. The van der Waals surface area contributed by atoms with Crippen molar-refractivity contribution >= 4 is 22.3 Å². The van der Waals surface area contributed by atoms with Crippen molar-refractivity contribution < 1.29 is 17.6 Å². The molecule has 0 atom stereocenters. The molecule has 22 heavy (non-hydrogen) atoms. The van der Waals surface area contributed by atoms with Gasteiger partial charge in [0.05, 0.1) is 11.1 Å². The van der Waals surface area contributed by atoms with Gasteiger partial charge in [0, 0.05) is 23.0 Å². The minimum absolute atomic E-state index is 0.238. The van der Waals surface area contributed by atoms with Crippen LogP contribution in [0.25, 0.3) is 10.9 Å². The number of benzene rings is 2. The topological polar surface area (TPSA) is 24.9 Å². The van der Waals surface area contributed by atoms with Crippen molar-refractivity contribution in [3.8, 4) is 0 Å². The van der Waals surface area contributed by atoms with Crippen molar-refractivity contribution in [3.63, 3.8) is 0 Å². The SMILES string of the molecule is Fc1ccc(Nc2ccnc3cc(C(F)(F)F)ccc23)cc1.